The number of carboxylic acid groups (broad SMARTS) is 1. The first-order valence-corrected chi connectivity index (χ1v) is 7.27. The molecule has 2 rings (SSSR count). The molecule has 2 atom stereocenters. The van der Waals surface area contributed by atoms with E-state index in [1.54, 1.807) is 11.8 Å². The van der Waals surface area contributed by atoms with Crippen LogP contribution in [0.15, 0.2) is 0 Å². The van der Waals surface area contributed by atoms with E-state index in [9.17, 15) is 14.7 Å². The largest absolute Gasteiger partial charge is 0.481 e. The maximum atomic E-state index is 12.6. The molecular weight excluding hydrogens is 258 g/mol. The van der Waals surface area contributed by atoms with Crippen LogP contribution in [0.4, 0.5) is 4.79 Å². The van der Waals surface area contributed by atoms with Crippen molar-refractivity contribution in [2.75, 3.05) is 40.3 Å². The molecule has 2 heterocycles. The summed E-state index contributed by atoms with van der Waals surface area (Å²) in [4.78, 5) is 29.6. The monoisotopic (exact) mass is 283 g/mol. The maximum Gasteiger partial charge on any atom is 0.320 e. The van der Waals surface area contributed by atoms with E-state index in [-0.39, 0.29) is 12.1 Å². The van der Waals surface area contributed by atoms with Crippen molar-refractivity contribution >= 4 is 12.0 Å². The van der Waals surface area contributed by atoms with Gasteiger partial charge in [0.1, 0.15) is 0 Å². The smallest absolute Gasteiger partial charge is 0.320 e. The van der Waals surface area contributed by atoms with E-state index in [2.05, 4.69) is 4.90 Å². The van der Waals surface area contributed by atoms with Crippen molar-refractivity contribution in [2.24, 2.45) is 5.41 Å². The number of likely N-dealkylation sites (tertiary alicyclic amines) is 2. The Morgan fingerprint density at radius 2 is 2.05 bits per heavy atom. The minimum Gasteiger partial charge on any atom is -0.481 e. The molecule has 2 amide bonds. The van der Waals surface area contributed by atoms with Gasteiger partial charge in [-0.2, -0.15) is 0 Å². The van der Waals surface area contributed by atoms with E-state index in [0.29, 0.717) is 19.5 Å². The van der Waals surface area contributed by atoms with E-state index < -0.39 is 11.4 Å². The van der Waals surface area contributed by atoms with Crippen LogP contribution in [0.3, 0.4) is 0 Å². The zero-order valence-corrected chi connectivity index (χ0v) is 12.6. The standard InChI is InChI=1S/C14H25N3O3/c1-14(12(18)19)6-8-16(10-14)13(20)17-7-4-5-11(17)9-15(2)3/h11H,4-10H2,1-3H3,(H,18,19). The van der Waals surface area contributed by atoms with Crippen LogP contribution in [0.1, 0.15) is 26.2 Å². The van der Waals surface area contributed by atoms with Crippen molar-refractivity contribution in [1.82, 2.24) is 14.7 Å². The third-order valence-electron chi connectivity index (χ3n) is 4.46. The number of hydrogen-bond acceptors (Lipinski definition) is 3. The van der Waals surface area contributed by atoms with Crippen LogP contribution in [-0.4, -0.2) is 78.1 Å². The van der Waals surface area contributed by atoms with Gasteiger partial charge in [0.05, 0.1) is 5.41 Å². The lowest BCUT2D eigenvalue weighted by molar-refractivity contribution is -0.147. The summed E-state index contributed by atoms with van der Waals surface area (Å²) in [5.74, 6) is -0.806. The van der Waals surface area contributed by atoms with Crippen LogP contribution in [-0.2, 0) is 4.79 Å². The Balaban J connectivity index is 2.00. The van der Waals surface area contributed by atoms with Gasteiger partial charge < -0.3 is 19.8 Å². The number of aliphatic carboxylic acids is 1. The Hall–Kier alpha value is -1.30. The van der Waals surface area contributed by atoms with Crippen molar-refractivity contribution in [3.05, 3.63) is 0 Å². The second kappa shape index (κ2) is 5.60. The first-order valence-electron chi connectivity index (χ1n) is 7.27. The molecule has 0 spiro atoms. The first-order chi connectivity index (χ1) is 9.33. The highest BCUT2D eigenvalue weighted by Crippen LogP contribution is 2.32. The van der Waals surface area contributed by atoms with Gasteiger partial charge in [-0.1, -0.05) is 0 Å². The molecule has 6 nitrogen and oxygen atoms in total. The number of likely N-dealkylation sites (N-methyl/N-ethyl adjacent to an activating group) is 1. The van der Waals surface area contributed by atoms with Crippen LogP contribution in [0.2, 0.25) is 0 Å². The summed E-state index contributed by atoms with van der Waals surface area (Å²) in [5.41, 5.74) is -0.785. The topological polar surface area (TPSA) is 64.1 Å². The van der Waals surface area contributed by atoms with Crippen LogP contribution >= 0.6 is 0 Å². The number of carbonyl (C=O) groups is 2. The molecule has 0 aromatic carbocycles. The first kappa shape index (κ1) is 15.1. The fourth-order valence-electron chi connectivity index (χ4n) is 3.18. The highest BCUT2D eigenvalue weighted by Gasteiger charge is 2.44. The minimum atomic E-state index is -0.806. The number of nitrogens with zero attached hydrogens (tertiary/aromatic N) is 3. The number of carboxylic acids is 1. The van der Waals surface area contributed by atoms with Crippen LogP contribution in [0.5, 0.6) is 0 Å². The maximum absolute atomic E-state index is 12.6. The van der Waals surface area contributed by atoms with E-state index in [1.165, 1.54) is 0 Å². The van der Waals surface area contributed by atoms with E-state index >= 15 is 0 Å². The molecule has 0 aromatic heterocycles. The fourth-order valence-corrected chi connectivity index (χ4v) is 3.18. The number of amides is 2. The molecule has 2 unspecified atom stereocenters. The molecular formula is C14H25N3O3. The number of urea groups is 1. The van der Waals surface area contributed by atoms with Crippen LogP contribution in [0, 0.1) is 5.41 Å². The van der Waals surface area contributed by atoms with E-state index in [4.69, 9.17) is 0 Å². The summed E-state index contributed by atoms with van der Waals surface area (Å²) in [6.45, 7) is 4.26. The molecule has 6 heteroatoms. The Kier molecular flexibility index (Phi) is 4.22. The van der Waals surface area contributed by atoms with Gasteiger partial charge in [0.15, 0.2) is 0 Å². The Bertz CT molecular complexity index is 399. The summed E-state index contributed by atoms with van der Waals surface area (Å²) in [6.07, 6.45) is 2.61. The average molecular weight is 283 g/mol. The molecule has 0 aromatic rings. The summed E-state index contributed by atoms with van der Waals surface area (Å²) >= 11 is 0. The zero-order chi connectivity index (χ0) is 14.9. The molecule has 2 aliphatic heterocycles. The second-order valence-corrected chi connectivity index (χ2v) is 6.57. The third-order valence-corrected chi connectivity index (χ3v) is 4.46. The van der Waals surface area contributed by atoms with Crippen LogP contribution < -0.4 is 0 Å². The number of rotatable bonds is 3. The van der Waals surface area contributed by atoms with Crippen molar-refractivity contribution in [3.8, 4) is 0 Å². The van der Waals surface area contributed by atoms with E-state index in [0.717, 1.165) is 25.9 Å². The van der Waals surface area contributed by atoms with E-state index in [1.807, 2.05) is 19.0 Å². The van der Waals surface area contributed by atoms with Crippen molar-refractivity contribution < 1.29 is 14.7 Å². The predicted molar refractivity (Wildman–Crippen MR) is 75.6 cm³/mol. The summed E-state index contributed by atoms with van der Waals surface area (Å²) in [7, 11) is 4.02. The molecule has 114 valence electrons. The Labute approximate surface area is 120 Å². The van der Waals surface area contributed by atoms with Gasteiger partial charge >= 0.3 is 12.0 Å². The molecule has 1 N–H and O–H groups in total. The molecule has 20 heavy (non-hydrogen) atoms. The number of carbonyl (C=O) groups excluding carboxylic acids is 1. The van der Waals surface area contributed by atoms with Gasteiger partial charge in [0.2, 0.25) is 0 Å². The zero-order valence-electron chi connectivity index (χ0n) is 12.6. The van der Waals surface area contributed by atoms with Gasteiger partial charge in [0.25, 0.3) is 0 Å². The molecule has 2 aliphatic rings. The molecule has 0 radical (unpaired) electrons. The molecule has 2 saturated heterocycles. The lowest BCUT2D eigenvalue weighted by Gasteiger charge is -2.31. The summed E-state index contributed by atoms with van der Waals surface area (Å²) in [6, 6.07) is 0.272. The highest BCUT2D eigenvalue weighted by atomic mass is 16.4. The van der Waals surface area contributed by atoms with Crippen molar-refractivity contribution in [1.29, 1.82) is 0 Å². The summed E-state index contributed by atoms with van der Waals surface area (Å²) in [5, 5.41) is 9.25. The third kappa shape index (κ3) is 2.90. The Morgan fingerprint density at radius 3 is 2.60 bits per heavy atom. The van der Waals surface area contributed by atoms with Crippen molar-refractivity contribution in [3.63, 3.8) is 0 Å². The van der Waals surface area contributed by atoms with Gasteiger partial charge in [-0.25, -0.2) is 4.79 Å². The van der Waals surface area contributed by atoms with Crippen molar-refractivity contribution in [2.45, 2.75) is 32.2 Å². The second-order valence-electron chi connectivity index (χ2n) is 6.57. The predicted octanol–water partition coefficient (Wildman–Crippen LogP) is 0.929. The SMILES string of the molecule is CN(C)CC1CCCN1C(=O)N1CCC(C)(C(=O)O)C1. The quantitative estimate of drug-likeness (QED) is 0.837. The lowest BCUT2D eigenvalue weighted by atomic mass is 9.90. The molecule has 0 aliphatic carbocycles. The van der Waals surface area contributed by atoms with Crippen LogP contribution in [0.25, 0.3) is 0 Å². The highest BCUT2D eigenvalue weighted by molar-refractivity contribution is 5.79. The molecule has 0 bridgehead atoms. The van der Waals surface area contributed by atoms with Gasteiger partial charge in [-0.15, -0.1) is 0 Å². The normalized spacial score (nSPS) is 30.3. The average Bonchev–Trinajstić information content (AvgIpc) is 2.95. The van der Waals surface area contributed by atoms with Gasteiger partial charge in [-0.3, -0.25) is 4.79 Å². The summed E-state index contributed by atoms with van der Waals surface area (Å²) < 4.78 is 0. The molecule has 2 fully saturated rings. The Morgan fingerprint density at radius 1 is 1.35 bits per heavy atom. The van der Waals surface area contributed by atoms with Gasteiger partial charge in [0, 0.05) is 32.2 Å². The minimum absolute atomic E-state index is 0.0133. The number of hydrogen-bond donors (Lipinski definition) is 1. The lowest BCUT2D eigenvalue weighted by Crippen LogP contribution is -2.48. The van der Waals surface area contributed by atoms with Gasteiger partial charge in [-0.05, 0) is 40.3 Å². The fraction of sp³-hybridized carbons (Fsp3) is 0.857. The molecule has 0 saturated carbocycles.